The molecule has 0 N–H and O–H groups in total. The molecule has 0 amide bonds. The zero-order chi connectivity index (χ0) is 17.1. The molecule has 25 heavy (non-hydrogen) atoms. The molecule has 0 spiro atoms. The molecule has 0 saturated carbocycles. The fourth-order valence-corrected chi connectivity index (χ4v) is 2.47. The molecule has 0 aliphatic carbocycles. The van der Waals surface area contributed by atoms with Gasteiger partial charge >= 0.3 is 0 Å². The number of nitriles is 1. The van der Waals surface area contributed by atoms with Gasteiger partial charge in [-0.05, 0) is 12.1 Å². The van der Waals surface area contributed by atoms with Gasteiger partial charge in [-0.15, -0.1) is 10.2 Å². The van der Waals surface area contributed by atoms with Crippen molar-refractivity contribution < 1.29 is 0 Å². The largest absolute Gasteiger partial charge is 0.252 e. The number of hydrogen-bond donors (Lipinski definition) is 0. The Balaban J connectivity index is 1.88. The van der Waals surface area contributed by atoms with Gasteiger partial charge in [0.05, 0.1) is 11.8 Å². The molecule has 4 aromatic rings. The molecule has 0 fully saturated rings. The fourth-order valence-electron chi connectivity index (χ4n) is 2.47. The number of benzene rings is 2. The Morgan fingerprint density at radius 2 is 1.64 bits per heavy atom. The normalized spacial score (nSPS) is 11.0. The van der Waals surface area contributed by atoms with E-state index in [1.54, 1.807) is 28.9 Å². The van der Waals surface area contributed by atoms with Gasteiger partial charge in [-0.25, -0.2) is 4.98 Å². The molecule has 2 aromatic heterocycles. The SMILES string of the molecule is N#Cc1ccccc1N=Nc1cnc2ncnn2c1-c1ccccc1. The second-order valence-corrected chi connectivity index (χ2v) is 5.16. The van der Waals surface area contributed by atoms with E-state index in [1.807, 2.05) is 36.4 Å². The number of aromatic nitrogens is 4. The Morgan fingerprint density at radius 1 is 0.880 bits per heavy atom. The van der Waals surface area contributed by atoms with Gasteiger partial charge in [0.15, 0.2) is 0 Å². The molecule has 2 heterocycles. The lowest BCUT2D eigenvalue weighted by atomic mass is 10.1. The van der Waals surface area contributed by atoms with E-state index >= 15 is 0 Å². The lowest BCUT2D eigenvalue weighted by Crippen LogP contribution is -1.96. The van der Waals surface area contributed by atoms with E-state index in [0.717, 1.165) is 11.3 Å². The van der Waals surface area contributed by atoms with Crippen molar-refractivity contribution >= 4 is 17.2 Å². The molecule has 0 saturated heterocycles. The van der Waals surface area contributed by atoms with Crippen LogP contribution in [0.5, 0.6) is 0 Å². The fraction of sp³-hybridized carbons (Fsp3) is 0. The zero-order valence-electron chi connectivity index (χ0n) is 13.0. The van der Waals surface area contributed by atoms with Crippen molar-refractivity contribution in [2.75, 3.05) is 0 Å². The van der Waals surface area contributed by atoms with Crippen molar-refractivity contribution in [3.63, 3.8) is 0 Å². The van der Waals surface area contributed by atoms with Crippen molar-refractivity contribution in [1.82, 2.24) is 19.6 Å². The Hall–Kier alpha value is -3.92. The first-order chi connectivity index (χ1) is 12.4. The van der Waals surface area contributed by atoms with Crippen molar-refractivity contribution in [2.45, 2.75) is 0 Å². The number of azo groups is 1. The van der Waals surface area contributed by atoms with E-state index < -0.39 is 0 Å². The molecular weight excluding hydrogens is 314 g/mol. The van der Waals surface area contributed by atoms with Crippen LogP contribution in [0, 0.1) is 11.3 Å². The molecular formula is C18H11N7. The summed E-state index contributed by atoms with van der Waals surface area (Å²) >= 11 is 0. The number of nitrogens with zero attached hydrogens (tertiary/aromatic N) is 7. The van der Waals surface area contributed by atoms with Gasteiger partial charge in [-0.3, -0.25) is 0 Å². The summed E-state index contributed by atoms with van der Waals surface area (Å²) in [5.74, 6) is 0.482. The van der Waals surface area contributed by atoms with Crippen LogP contribution in [0.3, 0.4) is 0 Å². The number of rotatable bonds is 3. The minimum atomic E-state index is 0.460. The Morgan fingerprint density at radius 3 is 2.48 bits per heavy atom. The number of hydrogen-bond acceptors (Lipinski definition) is 6. The summed E-state index contributed by atoms with van der Waals surface area (Å²) in [7, 11) is 0. The third-order valence-electron chi connectivity index (χ3n) is 3.62. The van der Waals surface area contributed by atoms with Gasteiger partial charge in [0, 0.05) is 5.56 Å². The topological polar surface area (TPSA) is 91.6 Å². The second-order valence-electron chi connectivity index (χ2n) is 5.16. The van der Waals surface area contributed by atoms with Crippen LogP contribution < -0.4 is 0 Å². The quantitative estimate of drug-likeness (QED) is 0.531. The van der Waals surface area contributed by atoms with E-state index in [0.29, 0.717) is 22.7 Å². The highest BCUT2D eigenvalue weighted by atomic mass is 15.3. The minimum Gasteiger partial charge on any atom is -0.217 e. The molecule has 0 aliphatic rings. The van der Waals surface area contributed by atoms with Crippen molar-refractivity contribution in [2.24, 2.45) is 10.2 Å². The Labute approximate surface area is 142 Å². The van der Waals surface area contributed by atoms with Crippen LogP contribution in [0.4, 0.5) is 11.4 Å². The average Bonchev–Trinajstić information content (AvgIpc) is 3.15. The van der Waals surface area contributed by atoms with Crippen LogP contribution in [0.1, 0.15) is 5.56 Å². The standard InChI is InChI=1S/C18H11N7/c19-10-14-8-4-5-9-15(14)23-24-16-11-20-18-21-12-22-25(18)17(16)13-6-2-1-3-7-13/h1-9,11-12H. The summed E-state index contributed by atoms with van der Waals surface area (Å²) in [4.78, 5) is 8.37. The van der Waals surface area contributed by atoms with Crippen LogP contribution in [-0.4, -0.2) is 19.6 Å². The molecule has 118 valence electrons. The predicted molar refractivity (Wildman–Crippen MR) is 91.6 cm³/mol. The lowest BCUT2D eigenvalue weighted by molar-refractivity contribution is 0.943. The van der Waals surface area contributed by atoms with E-state index in [9.17, 15) is 5.26 Å². The summed E-state index contributed by atoms with van der Waals surface area (Å²) in [6.45, 7) is 0. The lowest BCUT2D eigenvalue weighted by Gasteiger charge is -2.06. The van der Waals surface area contributed by atoms with E-state index in [4.69, 9.17) is 0 Å². The molecule has 0 bridgehead atoms. The van der Waals surface area contributed by atoms with Crippen LogP contribution >= 0.6 is 0 Å². The predicted octanol–water partition coefficient (Wildman–Crippen LogP) is 4.08. The van der Waals surface area contributed by atoms with Gasteiger partial charge < -0.3 is 0 Å². The molecule has 0 aliphatic heterocycles. The first-order valence-electron chi connectivity index (χ1n) is 7.52. The highest BCUT2D eigenvalue weighted by Gasteiger charge is 2.12. The summed E-state index contributed by atoms with van der Waals surface area (Å²) < 4.78 is 1.62. The molecule has 0 unspecified atom stereocenters. The maximum absolute atomic E-state index is 9.18. The second kappa shape index (κ2) is 6.29. The van der Waals surface area contributed by atoms with Crippen molar-refractivity contribution in [3.05, 3.63) is 72.7 Å². The van der Waals surface area contributed by atoms with Crippen LogP contribution in [0.2, 0.25) is 0 Å². The minimum absolute atomic E-state index is 0.460. The molecule has 0 atom stereocenters. The molecule has 0 radical (unpaired) electrons. The zero-order valence-corrected chi connectivity index (χ0v) is 13.0. The van der Waals surface area contributed by atoms with E-state index in [2.05, 4.69) is 31.4 Å². The summed E-state index contributed by atoms with van der Waals surface area (Å²) in [5.41, 5.74) is 3.16. The monoisotopic (exact) mass is 325 g/mol. The first-order valence-corrected chi connectivity index (χ1v) is 7.52. The maximum Gasteiger partial charge on any atom is 0.252 e. The highest BCUT2D eigenvalue weighted by Crippen LogP contribution is 2.31. The summed E-state index contributed by atoms with van der Waals surface area (Å²) in [5, 5.41) is 21.9. The van der Waals surface area contributed by atoms with Crippen molar-refractivity contribution in [3.8, 4) is 17.3 Å². The van der Waals surface area contributed by atoms with Gasteiger partial charge in [0.2, 0.25) is 0 Å². The van der Waals surface area contributed by atoms with Crippen molar-refractivity contribution in [1.29, 1.82) is 5.26 Å². The van der Waals surface area contributed by atoms with Gasteiger partial charge in [-0.1, -0.05) is 42.5 Å². The van der Waals surface area contributed by atoms with E-state index in [1.165, 1.54) is 6.33 Å². The van der Waals surface area contributed by atoms with Gasteiger partial charge in [-0.2, -0.15) is 19.9 Å². The number of fused-ring (bicyclic) bond motifs is 1. The van der Waals surface area contributed by atoms with Crippen LogP contribution in [0.25, 0.3) is 17.0 Å². The third kappa shape index (κ3) is 2.72. The average molecular weight is 325 g/mol. The molecule has 2 aromatic carbocycles. The molecule has 4 rings (SSSR count). The summed E-state index contributed by atoms with van der Waals surface area (Å²) in [6, 6.07) is 18.9. The smallest absolute Gasteiger partial charge is 0.217 e. The van der Waals surface area contributed by atoms with Crippen LogP contribution in [0.15, 0.2) is 77.3 Å². The summed E-state index contributed by atoms with van der Waals surface area (Å²) in [6.07, 6.45) is 3.05. The first kappa shape index (κ1) is 14.7. The third-order valence-corrected chi connectivity index (χ3v) is 3.62. The van der Waals surface area contributed by atoms with Gasteiger partial charge in [0.25, 0.3) is 5.78 Å². The Bertz CT molecular complexity index is 1110. The Kier molecular flexibility index (Phi) is 3.69. The maximum atomic E-state index is 9.18. The van der Waals surface area contributed by atoms with Gasteiger partial charge in [0.1, 0.15) is 29.5 Å². The molecule has 7 nitrogen and oxygen atoms in total. The molecule has 7 heteroatoms. The van der Waals surface area contributed by atoms with Crippen LogP contribution in [-0.2, 0) is 0 Å². The van der Waals surface area contributed by atoms with E-state index in [-0.39, 0.29) is 0 Å². The highest BCUT2D eigenvalue weighted by molar-refractivity contribution is 5.73.